The Kier molecular flexibility index (Phi) is 4.36. The van der Waals surface area contributed by atoms with Gasteiger partial charge in [0.15, 0.2) is 5.76 Å². The number of oxazole rings is 1. The van der Waals surface area contributed by atoms with Gasteiger partial charge in [0, 0.05) is 18.2 Å². The van der Waals surface area contributed by atoms with E-state index in [0.717, 1.165) is 30.3 Å². The van der Waals surface area contributed by atoms with Gasteiger partial charge in [0.05, 0.1) is 12.7 Å². The molecule has 2 heterocycles. The molecular weight excluding hydrogens is 262 g/mol. The van der Waals surface area contributed by atoms with E-state index < -0.39 is 0 Å². The molecule has 1 aromatic heterocycles. The van der Waals surface area contributed by atoms with E-state index in [4.69, 9.17) is 10.2 Å². The molecule has 21 heavy (non-hydrogen) atoms. The van der Waals surface area contributed by atoms with Crippen molar-refractivity contribution in [1.82, 2.24) is 9.88 Å². The number of benzene rings is 1. The molecule has 1 fully saturated rings. The molecule has 0 aliphatic carbocycles. The molecule has 4 heteroatoms. The smallest absolute Gasteiger partial charge is 0.209 e. The highest BCUT2D eigenvalue weighted by molar-refractivity contribution is 5.55. The van der Waals surface area contributed by atoms with E-state index in [1.54, 1.807) is 0 Å². The lowest BCUT2D eigenvalue weighted by atomic mass is 9.91. The molecule has 2 unspecified atom stereocenters. The van der Waals surface area contributed by atoms with Crippen molar-refractivity contribution >= 4 is 0 Å². The minimum atomic E-state index is 0.436. The van der Waals surface area contributed by atoms with Crippen LogP contribution in [-0.4, -0.2) is 29.0 Å². The Morgan fingerprint density at radius 2 is 2.14 bits per heavy atom. The van der Waals surface area contributed by atoms with Crippen molar-refractivity contribution < 1.29 is 4.42 Å². The molecule has 2 atom stereocenters. The number of hydrogen-bond acceptors (Lipinski definition) is 4. The second-order valence-electron chi connectivity index (χ2n) is 5.88. The number of piperidine rings is 1. The summed E-state index contributed by atoms with van der Waals surface area (Å²) < 4.78 is 5.91. The highest BCUT2D eigenvalue weighted by atomic mass is 16.4. The quantitative estimate of drug-likeness (QED) is 0.938. The van der Waals surface area contributed by atoms with Crippen LogP contribution in [-0.2, 0) is 6.54 Å². The standard InChI is InChI=1S/C17H23N3O/c1-13-6-5-9-20(15(13)10-18)12-17-19-11-16(21-17)14-7-3-2-4-8-14/h2-4,7-8,11,13,15H,5-6,9-10,12,18H2,1H3. The maximum Gasteiger partial charge on any atom is 0.209 e. The maximum atomic E-state index is 5.94. The molecule has 1 aromatic carbocycles. The van der Waals surface area contributed by atoms with Crippen molar-refractivity contribution in [3.63, 3.8) is 0 Å². The highest BCUT2D eigenvalue weighted by Crippen LogP contribution is 2.25. The molecule has 2 aromatic rings. The van der Waals surface area contributed by atoms with Crippen molar-refractivity contribution in [3.05, 3.63) is 42.4 Å². The van der Waals surface area contributed by atoms with Crippen LogP contribution in [0.25, 0.3) is 11.3 Å². The normalized spacial score (nSPS) is 23.3. The first-order valence-electron chi connectivity index (χ1n) is 7.72. The van der Waals surface area contributed by atoms with Crippen molar-refractivity contribution in [3.8, 4) is 11.3 Å². The Morgan fingerprint density at radius 3 is 2.90 bits per heavy atom. The Labute approximate surface area is 126 Å². The van der Waals surface area contributed by atoms with E-state index in [1.807, 2.05) is 36.5 Å². The van der Waals surface area contributed by atoms with Crippen LogP contribution in [0.4, 0.5) is 0 Å². The molecule has 0 amide bonds. The van der Waals surface area contributed by atoms with Crippen LogP contribution >= 0.6 is 0 Å². The van der Waals surface area contributed by atoms with E-state index in [2.05, 4.69) is 16.8 Å². The fraction of sp³-hybridized carbons (Fsp3) is 0.471. The van der Waals surface area contributed by atoms with Gasteiger partial charge in [-0.25, -0.2) is 4.98 Å². The minimum absolute atomic E-state index is 0.436. The van der Waals surface area contributed by atoms with Gasteiger partial charge >= 0.3 is 0 Å². The second kappa shape index (κ2) is 6.41. The molecule has 0 spiro atoms. The van der Waals surface area contributed by atoms with Crippen molar-refractivity contribution in [2.24, 2.45) is 11.7 Å². The fourth-order valence-corrected chi connectivity index (χ4v) is 3.21. The molecule has 0 saturated carbocycles. The number of aromatic nitrogens is 1. The van der Waals surface area contributed by atoms with Crippen LogP contribution < -0.4 is 5.73 Å². The fourth-order valence-electron chi connectivity index (χ4n) is 3.21. The Hall–Kier alpha value is -1.65. The van der Waals surface area contributed by atoms with Gasteiger partial charge in [0.1, 0.15) is 0 Å². The molecule has 1 saturated heterocycles. The number of nitrogens with zero attached hydrogens (tertiary/aromatic N) is 2. The van der Waals surface area contributed by atoms with Gasteiger partial charge in [-0.1, -0.05) is 37.3 Å². The van der Waals surface area contributed by atoms with Crippen LogP contribution in [0, 0.1) is 5.92 Å². The van der Waals surface area contributed by atoms with Crippen LogP contribution in [0.2, 0.25) is 0 Å². The molecule has 1 aliphatic rings. The first kappa shape index (κ1) is 14.3. The molecular formula is C17H23N3O. The maximum absolute atomic E-state index is 5.94. The Bertz CT molecular complexity index is 566. The monoisotopic (exact) mass is 285 g/mol. The molecule has 0 radical (unpaired) electrons. The Morgan fingerprint density at radius 1 is 1.33 bits per heavy atom. The average molecular weight is 285 g/mol. The van der Waals surface area contributed by atoms with Crippen LogP contribution in [0.15, 0.2) is 40.9 Å². The summed E-state index contributed by atoms with van der Waals surface area (Å²) in [6.07, 6.45) is 4.30. The van der Waals surface area contributed by atoms with E-state index in [0.29, 0.717) is 18.5 Å². The average Bonchev–Trinajstić information content (AvgIpc) is 2.97. The number of nitrogens with two attached hydrogens (primary N) is 1. The highest BCUT2D eigenvalue weighted by Gasteiger charge is 2.28. The summed E-state index contributed by atoms with van der Waals surface area (Å²) in [6.45, 7) is 4.82. The zero-order valence-electron chi connectivity index (χ0n) is 12.5. The second-order valence-corrected chi connectivity index (χ2v) is 5.88. The first-order valence-corrected chi connectivity index (χ1v) is 7.72. The van der Waals surface area contributed by atoms with E-state index in [1.165, 1.54) is 12.8 Å². The SMILES string of the molecule is CC1CCCN(Cc2ncc(-c3ccccc3)o2)C1CN. The van der Waals surface area contributed by atoms with Gasteiger partial charge in [-0.15, -0.1) is 0 Å². The lowest BCUT2D eigenvalue weighted by Gasteiger charge is -2.38. The predicted molar refractivity (Wildman–Crippen MR) is 83.6 cm³/mol. The van der Waals surface area contributed by atoms with Crippen molar-refractivity contribution in [1.29, 1.82) is 0 Å². The largest absolute Gasteiger partial charge is 0.439 e. The summed E-state index contributed by atoms with van der Waals surface area (Å²) in [7, 11) is 0. The van der Waals surface area contributed by atoms with Gasteiger partial charge < -0.3 is 10.2 Å². The summed E-state index contributed by atoms with van der Waals surface area (Å²) in [5.74, 6) is 2.26. The van der Waals surface area contributed by atoms with E-state index in [-0.39, 0.29) is 0 Å². The van der Waals surface area contributed by atoms with Gasteiger partial charge in [-0.3, -0.25) is 4.90 Å². The van der Waals surface area contributed by atoms with Gasteiger partial charge in [0.25, 0.3) is 0 Å². The summed E-state index contributed by atoms with van der Waals surface area (Å²) >= 11 is 0. The van der Waals surface area contributed by atoms with Gasteiger partial charge in [-0.05, 0) is 25.3 Å². The first-order chi connectivity index (χ1) is 10.3. The minimum Gasteiger partial charge on any atom is -0.439 e. The van der Waals surface area contributed by atoms with Crippen molar-refractivity contribution in [2.75, 3.05) is 13.1 Å². The molecule has 0 bridgehead atoms. The number of rotatable bonds is 4. The molecule has 2 N–H and O–H groups in total. The third-order valence-electron chi connectivity index (χ3n) is 4.42. The summed E-state index contributed by atoms with van der Waals surface area (Å²) in [4.78, 5) is 6.84. The zero-order valence-corrected chi connectivity index (χ0v) is 12.5. The predicted octanol–water partition coefficient (Wildman–Crippen LogP) is 2.90. The van der Waals surface area contributed by atoms with E-state index in [9.17, 15) is 0 Å². The Balaban J connectivity index is 1.72. The van der Waals surface area contributed by atoms with Crippen molar-refractivity contribution in [2.45, 2.75) is 32.4 Å². The number of hydrogen-bond donors (Lipinski definition) is 1. The molecule has 4 nitrogen and oxygen atoms in total. The summed E-state index contributed by atoms with van der Waals surface area (Å²) in [5.41, 5.74) is 7.01. The molecule has 112 valence electrons. The van der Waals surface area contributed by atoms with E-state index >= 15 is 0 Å². The third-order valence-corrected chi connectivity index (χ3v) is 4.42. The zero-order chi connectivity index (χ0) is 14.7. The van der Waals surface area contributed by atoms with Crippen LogP contribution in [0.5, 0.6) is 0 Å². The summed E-state index contributed by atoms with van der Waals surface area (Å²) in [6, 6.07) is 10.5. The lowest BCUT2D eigenvalue weighted by Crippen LogP contribution is -2.48. The third kappa shape index (κ3) is 3.17. The summed E-state index contributed by atoms with van der Waals surface area (Å²) in [5, 5.41) is 0. The topological polar surface area (TPSA) is 55.3 Å². The molecule has 1 aliphatic heterocycles. The number of likely N-dealkylation sites (tertiary alicyclic amines) is 1. The van der Waals surface area contributed by atoms with Gasteiger partial charge in [-0.2, -0.15) is 0 Å². The van der Waals surface area contributed by atoms with Crippen LogP contribution in [0.3, 0.4) is 0 Å². The van der Waals surface area contributed by atoms with Gasteiger partial charge in [0.2, 0.25) is 5.89 Å². The van der Waals surface area contributed by atoms with Crippen LogP contribution in [0.1, 0.15) is 25.7 Å². The lowest BCUT2D eigenvalue weighted by molar-refractivity contribution is 0.0901. The molecule has 3 rings (SSSR count).